The number of hydrogen-bond acceptors (Lipinski definition) is 3. The number of nitrogens with zero attached hydrogens (tertiary/aromatic N) is 4. The molecule has 31 heavy (non-hydrogen) atoms. The van der Waals surface area contributed by atoms with E-state index in [1.807, 2.05) is 19.2 Å². The van der Waals surface area contributed by atoms with Crippen molar-refractivity contribution in [1.82, 2.24) is 19.4 Å². The summed E-state index contributed by atoms with van der Waals surface area (Å²) in [6.07, 6.45) is 4.28. The van der Waals surface area contributed by atoms with Crippen LogP contribution in [0.4, 0.5) is 4.39 Å². The lowest BCUT2D eigenvalue weighted by Gasteiger charge is -2.27. The van der Waals surface area contributed by atoms with Crippen LogP contribution in [0, 0.1) is 12.7 Å². The van der Waals surface area contributed by atoms with Gasteiger partial charge in [0.05, 0.1) is 0 Å². The van der Waals surface area contributed by atoms with Crippen LogP contribution < -0.4 is 0 Å². The topological polar surface area (TPSA) is 41.4 Å². The predicted molar refractivity (Wildman–Crippen MR) is 125 cm³/mol. The van der Waals surface area contributed by atoms with Gasteiger partial charge in [-0.15, -0.1) is 0 Å². The van der Waals surface area contributed by atoms with Gasteiger partial charge in [0.2, 0.25) is 0 Å². The van der Waals surface area contributed by atoms with E-state index in [0.29, 0.717) is 37.2 Å². The molecule has 1 amide bonds. The monoisotopic (exact) mass is 490 g/mol. The Labute approximate surface area is 198 Å². The fraction of sp³-hybridized carbons (Fsp3) is 0.333. The Kier molecular flexibility index (Phi) is 4.23. The molecule has 0 N–H and O–H groups in total. The summed E-state index contributed by atoms with van der Waals surface area (Å²) in [7, 11) is 1.98. The van der Waals surface area contributed by atoms with Gasteiger partial charge in [0.1, 0.15) is 11.5 Å². The zero-order valence-corrected chi connectivity index (χ0v) is 18.8. The van der Waals surface area contributed by atoms with Gasteiger partial charge in [-0.05, 0) is 64.7 Å². The fourth-order valence-corrected chi connectivity index (χ4v) is 4.52. The lowest BCUT2D eigenvalue weighted by Crippen LogP contribution is -2.29. The molecule has 0 spiro atoms. The molecule has 4 rings (SSSR count). The molecule has 0 saturated carbocycles. The number of carbonyl (C=O) groups excluding carboxylic acids is 1. The minimum absolute atomic E-state index is 0.160. The molecule has 0 bridgehead atoms. The van der Waals surface area contributed by atoms with Crippen LogP contribution in [0.1, 0.15) is 41.8 Å². The minimum atomic E-state index is -3.20. The van der Waals surface area contributed by atoms with Gasteiger partial charge >= 0.3 is 0 Å². The van der Waals surface area contributed by atoms with Crippen molar-refractivity contribution in [2.45, 2.75) is 19.9 Å². The van der Waals surface area contributed by atoms with Crippen molar-refractivity contribution >= 4 is 38.4 Å². The number of fused-ring (bicyclic) bond motifs is 1. The smallest absolute Gasteiger partial charge is 0.253 e. The van der Waals surface area contributed by atoms with E-state index in [4.69, 9.17) is 8.22 Å². The third kappa shape index (κ3) is 4.16. The number of halogens is 2. The molecule has 1 aliphatic rings. The zero-order chi connectivity index (χ0) is 27.3. The van der Waals surface area contributed by atoms with Crippen molar-refractivity contribution in [2.75, 3.05) is 27.0 Å². The molecule has 5 nitrogen and oxygen atoms in total. The van der Waals surface area contributed by atoms with Gasteiger partial charge in [0.15, 0.2) is 0 Å². The third-order valence-corrected chi connectivity index (χ3v) is 6.40. The van der Waals surface area contributed by atoms with E-state index in [1.165, 1.54) is 6.07 Å². The molecule has 0 aliphatic carbocycles. The van der Waals surface area contributed by atoms with Crippen LogP contribution in [0.2, 0.25) is 0 Å². The maximum Gasteiger partial charge on any atom is 0.253 e. The first-order valence-electron chi connectivity index (χ1n) is 12.8. The molecule has 1 aliphatic heterocycles. The summed E-state index contributed by atoms with van der Waals surface area (Å²) >= 11 is 3.57. The van der Waals surface area contributed by atoms with Crippen LogP contribution in [0.25, 0.3) is 16.6 Å². The van der Waals surface area contributed by atoms with E-state index in [-0.39, 0.29) is 10.5 Å². The lowest BCUT2D eigenvalue weighted by atomic mass is 9.93. The number of aryl methyl sites for hydroxylation is 2. The molecule has 0 fully saturated rings. The molecule has 0 radical (unpaired) electrons. The molecular weight excluding hydrogens is 459 g/mol. The second-order valence-electron chi connectivity index (χ2n) is 7.73. The van der Waals surface area contributed by atoms with Crippen LogP contribution in [-0.4, -0.2) is 52.3 Å². The number of hydrogen-bond donors (Lipinski definition) is 0. The average Bonchev–Trinajstić information content (AvgIpc) is 3.09. The van der Waals surface area contributed by atoms with E-state index >= 15 is 4.39 Å². The SMILES string of the molecule is [2H]C([2H])([2H])N(C(=O)c1cc(C)c(C2=CCN(Cc3cc4c(Br)ccnc4n3C)CC2)c(F)c1)C([2H])([2H])[2H]. The van der Waals surface area contributed by atoms with Gasteiger partial charge in [-0.2, -0.15) is 0 Å². The van der Waals surface area contributed by atoms with Gasteiger partial charge in [0, 0.05) is 81.7 Å². The molecule has 3 heterocycles. The first kappa shape index (κ1) is 15.3. The quantitative estimate of drug-likeness (QED) is 0.528. The molecule has 1 aromatic carbocycles. The Hall–Kier alpha value is -2.51. The number of carbonyl (C=O) groups is 1. The first-order valence-corrected chi connectivity index (χ1v) is 10.6. The van der Waals surface area contributed by atoms with Crippen LogP contribution in [0.15, 0.2) is 41.0 Å². The number of pyridine rings is 1. The fourth-order valence-electron chi connectivity index (χ4n) is 4.11. The van der Waals surface area contributed by atoms with E-state index in [2.05, 4.69) is 36.4 Å². The molecule has 162 valence electrons. The number of benzene rings is 1. The van der Waals surface area contributed by atoms with Crippen molar-refractivity contribution in [3.05, 3.63) is 69.2 Å². The summed E-state index contributed by atoms with van der Waals surface area (Å²) < 4.78 is 63.0. The van der Waals surface area contributed by atoms with Gasteiger partial charge in [-0.1, -0.05) is 6.08 Å². The minimum Gasteiger partial charge on any atom is -0.345 e. The van der Waals surface area contributed by atoms with Crippen LogP contribution >= 0.6 is 15.9 Å². The van der Waals surface area contributed by atoms with Crippen molar-refractivity contribution in [2.24, 2.45) is 7.05 Å². The maximum atomic E-state index is 15.2. The molecule has 2 aromatic heterocycles. The molecule has 3 aromatic rings. The van der Waals surface area contributed by atoms with Crippen molar-refractivity contribution in [1.29, 1.82) is 0 Å². The van der Waals surface area contributed by atoms with Crippen LogP contribution in [-0.2, 0) is 13.6 Å². The van der Waals surface area contributed by atoms with E-state index in [0.717, 1.165) is 32.8 Å². The summed E-state index contributed by atoms with van der Waals surface area (Å²) in [4.78, 5) is 19.3. The summed E-state index contributed by atoms with van der Waals surface area (Å²) in [6, 6.07) is 6.27. The molecule has 0 atom stereocenters. The van der Waals surface area contributed by atoms with Crippen molar-refractivity contribution in [3.8, 4) is 0 Å². The molecular formula is C24H26BrFN4O. The highest BCUT2D eigenvalue weighted by atomic mass is 79.9. The summed E-state index contributed by atoms with van der Waals surface area (Å²) in [5.41, 5.74) is 3.24. The van der Waals surface area contributed by atoms with Crippen molar-refractivity contribution < 1.29 is 17.4 Å². The highest BCUT2D eigenvalue weighted by Crippen LogP contribution is 2.30. The third-order valence-electron chi connectivity index (χ3n) is 5.71. The Morgan fingerprint density at radius 1 is 1.35 bits per heavy atom. The van der Waals surface area contributed by atoms with Crippen LogP contribution in [0.3, 0.4) is 0 Å². The zero-order valence-electron chi connectivity index (χ0n) is 23.2. The molecule has 0 saturated heterocycles. The van der Waals surface area contributed by atoms with Crippen molar-refractivity contribution in [3.63, 3.8) is 0 Å². The standard InChI is InChI=1S/C24H26BrFN4O/c1-15-11-17(24(31)28(2)3)12-21(26)22(15)16-6-9-30(10-7-16)14-18-13-19-20(25)5-8-27-23(19)29(18)4/h5-6,8,11-13H,7,9-10,14H2,1-4H3/i2D3,3D3. The summed E-state index contributed by atoms with van der Waals surface area (Å²) in [6.45, 7) is -2.80. The van der Waals surface area contributed by atoms with Gasteiger partial charge < -0.3 is 9.47 Å². The average molecular weight is 491 g/mol. The summed E-state index contributed by atoms with van der Waals surface area (Å²) in [5, 5.41) is 1.04. The van der Waals surface area contributed by atoms with E-state index in [9.17, 15) is 4.79 Å². The maximum absolute atomic E-state index is 15.2. The Morgan fingerprint density at radius 2 is 2.16 bits per heavy atom. The highest BCUT2D eigenvalue weighted by Gasteiger charge is 2.21. The van der Waals surface area contributed by atoms with Crippen LogP contribution in [0.5, 0.6) is 0 Å². The first-order chi connectivity index (χ1) is 17.2. The number of rotatable bonds is 4. The normalized spacial score (nSPS) is 18.4. The van der Waals surface area contributed by atoms with Gasteiger partial charge in [-0.25, -0.2) is 9.37 Å². The largest absolute Gasteiger partial charge is 0.345 e. The molecule has 0 unspecified atom stereocenters. The second-order valence-corrected chi connectivity index (χ2v) is 8.58. The predicted octanol–water partition coefficient (Wildman–Crippen LogP) is 4.77. The Bertz CT molecular complexity index is 1360. The number of aromatic nitrogens is 2. The van der Waals surface area contributed by atoms with E-state index in [1.54, 1.807) is 13.1 Å². The second kappa shape index (κ2) is 8.55. The highest BCUT2D eigenvalue weighted by molar-refractivity contribution is 9.10. The van der Waals surface area contributed by atoms with Gasteiger partial charge in [0.25, 0.3) is 5.91 Å². The van der Waals surface area contributed by atoms with E-state index < -0.39 is 25.7 Å². The van der Waals surface area contributed by atoms with Gasteiger partial charge in [-0.3, -0.25) is 9.69 Å². The number of amides is 1. The Morgan fingerprint density at radius 3 is 2.81 bits per heavy atom. The summed E-state index contributed by atoms with van der Waals surface area (Å²) in [5.74, 6) is -1.96. The molecule has 7 heteroatoms. The Balaban J connectivity index is 1.55. The lowest BCUT2D eigenvalue weighted by molar-refractivity contribution is 0.0827.